The Morgan fingerprint density at radius 2 is 2.24 bits per heavy atom. The standard InChI is InChI=1S/C13H15BrN2O/c14-12-4-2-1-3-10(12)5-6-13(17)16-8-7-11(15)9-16/h1-6,11H,7-9,15H2. The smallest absolute Gasteiger partial charge is 0.246 e. The van der Waals surface area contributed by atoms with E-state index in [1.165, 1.54) is 0 Å². The molecule has 0 aliphatic carbocycles. The van der Waals surface area contributed by atoms with Gasteiger partial charge in [0.1, 0.15) is 0 Å². The lowest BCUT2D eigenvalue weighted by Crippen LogP contribution is -2.30. The van der Waals surface area contributed by atoms with Crippen LogP contribution in [0.25, 0.3) is 6.08 Å². The summed E-state index contributed by atoms with van der Waals surface area (Å²) in [5.41, 5.74) is 6.77. The average Bonchev–Trinajstić information content (AvgIpc) is 2.74. The van der Waals surface area contributed by atoms with Crippen LogP contribution in [-0.4, -0.2) is 29.9 Å². The Morgan fingerprint density at radius 3 is 2.88 bits per heavy atom. The van der Waals surface area contributed by atoms with E-state index in [2.05, 4.69) is 15.9 Å². The third-order valence-corrected chi connectivity index (χ3v) is 3.57. The number of halogens is 1. The molecule has 2 N–H and O–H groups in total. The molecule has 1 aliphatic heterocycles. The lowest BCUT2D eigenvalue weighted by Gasteiger charge is -2.12. The number of carbonyl (C=O) groups is 1. The molecule has 1 atom stereocenters. The van der Waals surface area contributed by atoms with Crippen LogP contribution in [0.3, 0.4) is 0 Å². The normalized spacial score (nSPS) is 20.1. The molecule has 1 unspecified atom stereocenters. The molecule has 1 aromatic rings. The average molecular weight is 295 g/mol. The maximum atomic E-state index is 11.8. The molecule has 0 saturated carbocycles. The van der Waals surface area contributed by atoms with Crippen molar-refractivity contribution >= 4 is 27.9 Å². The van der Waals surface area contributed by atoms with Gasteiger partial charge in [0.25, 0.3) is 0 Å². The molecular formula is C13H15BrN2O. The van der Waals surface area contributed by atoms with E-state index in [4.69, 9.17) is 5.73 Å². The van der Waals surface area contributed by atoms with Gasteiger partial charge < -0.3 is 10.6 Å². The Labute approximate surface area is 109 Å². The summed E-state index contributed by atoms with van der Waals surface area (Å²) in [5, 5.41) is 0. The molecule has 0 radical (unpaired) electrons. The molecule has 1 amide bonds. The van der Waals surface area contributed by atoms with E-state index in [0.717, 1.165) is 23.0 Å². The van der Waals surface area contributed by atoms with E-state index in [-0.39, 0.29) is 11.9 Å². The molecule has 1 fully saturated rings. The Kier molecular flexibility index (Phi) is 3.97. The number of nitrogens with zero attached hydrogens (tertiary/aromatic N) is 1. The summed E-state index contributed by atoms with van der Waals surface area (Å²) < 4.78 is 0.988. The van der Waals surface area contributed by atoms with Crippen LogP contribution in [0.1, 0.15) is 12.0 Å². The van der Waals surface area contributed by atoms with Crippen molar-refractivity contribution in [2.24, 2.45) is 5.73 Å². The van der Waals surface area contributed by atoms with Gasteiger partial charge in [0.2, 0.25) is 5.91 Å². The van der Waals surface area contributed by atoms with Gasteiger partial charge in [-0.2, -0.15) is 0 Å². The van der Waals surface area contributed by atoms with E-state index < -0.39 is 0 Å². The molecule has 0 aromatic heterocycles. The third-order valence-electron chi connectivity index (χ3n) is 2.85. The molecule has 3 nitrogen and oxygen atoms in total. The summed E-state index contributed by atoms with van der Waals surface area (Å²) >= 11 is 3.44. The zero-order valence-electron chi connectivity index (χ0n) is 9.47. The first-order valence-corrected chi connectivity index (χ1v) is 6.43. The molecule has 2 rings (SSSR count). The number of benzene rings is 1. The van der Waals surface area contributed by atoms with Crippen LogP contribution in [0.15, 0.2) is 34.8 Å². The molecule has 1 saturated heterocycles. The van der Waals surface area contributed by atoms with Gasteiger partial charge in [0.15, 0.2) is 0 Å². The highest BCUT2D eigenvalue weighted by Gasteiger charge is 2.21. The van der Waals surface area contributed by atoms with Crippen LogP contribution in [0.4, 0.5) is 0 Å². The maximum Gasteiger partial charge on any atom is 0.246 e. The highest BCUT2D eigenvalue weighted by Crippen LogP contribution is 2.17. The van der Waals surface area contributed by atoms with Crippen molar-refractivity contribution < 1.29 is 4.79 Å². The number of carbonyl (C=O) groups excluding carboxylic acids is 1. The van der Waals surface area contributed by atoms with Crippen molar-refractivity contribution in [2.45, 2.75) is 12.5 Å². The first-order chi connectivity index (χ1) is 8.16. The highest BCUT2D eigenvalue weighted by atomic mass is 79.9. The van der Waals surface area contributed by atoms with Crippen molar-refractivity contribution in [3.05, 3.63) is 40.4 Å². The van der Waals surface area contributed by atoms with E-state index in [9.17, 15) is 4.79 Å². The van der Waals surface area contributed by atoms with Crippen molar-refractivity contribution in [3.8, 4) is 0 Å². The van der Waals surface area contributed by atoms with E-state index in [1.807, 2.05) is 30.3 Å². The lowest BCUT2D eigenvalue weighted by molar-refractivity contribution is -0.124. The predicted molar refractivity (Wildman–Crippen MR) is 72.3 cm³/mol. The number of hydrogen-bond acceptors (Lipinski definition) is 2. The molecule has 1 aliphatic rings. The molecule has 90 valence electrons. The Balaban J connectivity index is 2.01. The largest absolute Gasteiger partial charge is 0.338 e. The van der Waals surface area contributed by atoms with E-state index >= 15 is 0 Å². The minimum absolute atomic E-state index is 0.0358. The number of rotatable bonds is 2. The summed E-state index contributed by atoms with van der Waals surface area (Å²) in [6.45, 7) is 1.43. The van der Waals surface area contributed by atoms with Crippen molar-refractivity contribution in [2.75, 3.05) is 13.1 Å². The van der Waals surface area contributed by atoms with E-state index in [1.54, 1.807) is 11.0 Å². The molecular weight excluding hydrogens is 280 g/mol. The van der Waals surface area contributed by atoms with Crippen LogP contribution in [0, 0.1) is 0 Å². The Morgan fingerprint density at radius 1 is 1.47 bits per heavy atom. The van der Waals surface area contributed by atoms with Crippen molar-refractivity contribution in [3.63, 3.8) is 0 Å². The third kappa shape index (κ3) is 3.17. The quantitative estimate of drug-likeness (QED) is 0.849. The van der Waals surface area contributed by atoms with Gasteiger partial charge in [-0.25, -0.2) is 0 Å². The molecule has 17 heavy (non-hydrogen) atoms. The van der Waals surface area contributed by atoms with Crippen LogP contribution in [0.5, 0.6) is 0 Å². The van der Waals surface area contributed by atoms with Crippen LogP contribution >= 0.6 is 15.9 Å². The van der Waals surface area contributed by atoms with Gasteiger partial charge >= 0.3 is 0 Å². The van der Waals surface area contributed by atoms with Crippen LogP contribution < -0.4 is 5.73 Å². The summed E-state index contributed by atoms with van der Waals surface area (Å²) in [6.07, 6.45) is 4.34. The van der Waals surface area contributed by atoms with Gasteiger partial charge in [-0.1, -0.05) is 34.1 Å². The second kappa shape index (κ2) is 5.47. The topological polar surface area (TPSA) is 46.3 Å². The first kappa shape index (κ1) is 12.3. The zero-order chi connectivity index (χ0) is 12.3. The predicted octanol–water partition coefficient (Wildman–Crippen LogP) is 2.02. The second-order valence-corrected chi connectivity index (χ2v) is 5.04. The summed E-state index contributed by atoms with van der Waals surface area (Å²) in [7, 11) is 0. The van der Waals surface area contributed by atoms with E-state index in [0.29, 0.717) is 6.54 Å². The first-order valence-electron chi connectivity index (χ1n) is 5.64. The van der Waals surface area contributed by atoms with Crippen molar-refractivity contribution in [1.29, 1.82) is 0 Å². The summed E-state index contributed by atoms with van der Waals surface area (Å²) in [5.74, 6) is 0.0358. The monoisotopic (exact) mass is 294 g/mol. The van der Waals surface area contributed by atoms with Gasteiger partial charge in [0.05, 0.1) is 0 Å². The minimum Gasteiger partial charge on any atom is -0.338 e. The molecule has 0 spiro atoms. The Bertz CT molecular complexity index is 445. The second-order valence-electron chi connectivity index (χ2n) is 4.19. The van der Waals surface area contributed by atoms with Crippen molar-refractivity contribution in [1.82, 2.24) is 4.90 Å². The van der Waals surface area contributed by atoms with Crippen LogP contribution in [0.2, 0.25) is 0 Å². The van der Waals surface area contributed by atoms with Crippen LogP contribution in [-0.2, 0) is 4.79 Å². The van der Waals surface area contributed by atoms with Gasteiger partial charge in [-0.3, -0.25) is 4.79 Å². The van der Waals surface area contributed by atoms with Gasteiger partial charge in [0, 0.05) is 29.7 Å². The fourth-order valence-electron chi connectivity index (χ4n) is 1.86. The summed E-state index contributed by atoms with van der Waals surface area (Å²) in [4.78, 5) is 13.6. The fraction of sp³-hybridized carbons (Fsp3) is 0.308. The SMILES string of the molecule is NC1CCN(C(=O)C=Cc2ccccc2Br)C1. The zero-order valence-corrected chi connectivity index (χ0v) is 11.1. The number of nitrogens with two attached hydrogens (primary N) is 1. The number of likely N-dealkylation sites (tertiary alicyclic amines) is 1. The number of amides is 1. The number of hydrogen-bond donors (Lipinski definition) is 1. The van der Waals surface area contributed by atoms with Gasteiger partial charge in [-0.15, -0.1) is 0 Å². The lowest BCUT2D eigenvalue weighted by atomic mass is 10.2. The molecule has 1 aromatic carbocycles. The minimum atomic E-state index is 0.0358. The highest BCUT2D eigenvalue weighted by molar-refractivity contribution is 9.10. The van der Waals surface area contributed by atoms with Gasteiger partial charge in [-0.05, 0) is 24.1 Å². The fourth-order valence-corrected chi connectivity index (χ4v) is 2.28. The molecule has 0 bridgehead atoms. The molecule has 1 heterocycles. The Hall–Kier alpha value is -1.13. The summed E-state index contributed by atoms with van der Waals surface area (Å²) in [6, 6.07) is 7.94. The molecule has 4 heteroatoms. The maximum absolute atomic E-state index is 11.8.